The van der Waals surface area contributed by atoms with Crippen LogP contribution in [0.4, 0.5) is 0 Å². The third-order valence-corrected chi connectivity index (χ3v) is 2.48. The highest BCUT2D eigenvalue weighted by atomic mass is 16.5. The van der Waals surface area contributed by atoms with Crippen LogP contribution in [0.3, 0.4) is 0 Å². The van der Waals surface area contributed by atoms with E-state index in [0.29, 0.717) is 5.57 Å². The van der Waals surface area contributed by atoms with Crippen molar-refractivity contribution < 1.29 is 9.53 Å². The van der Waals surface area contributed by atoms with Gasteiger partial charge in [0.15, 0.2) is 0 Å². The molecule has 18 heavy (non-hydrogen) atoms. The second kappa shape index (κ2) is 7.49. The van der Waals surface area contributed by atoms with Crippen LogP contribution < -0.4 is 0 Å². The molecule has 0 radical (unpaired) electrons. The van der Waals surface area contributed by atoms with Crippen LogP contribution >= 0.6 is 0 Å². The van der Waals surface area contributed by atoms with Crippen molar-refractivity contribution in [2.45, 2.75) is 32.8 Å². The highest BCUT2D eigenvalue weighted by molar-refractivity contribution is 5.87. The molecule has 0 aromatic heterocycles. The molecule has 1 aromatic rings. The quantitative estimate of drug-likeness (QED) is 0.558. The summed E-state index contributed by atoms with van der Waals surface area (Å²) in [5.41, 5.74) is 1.54. The average Bonchev–Trinajstić information content (AvgIpc) is 2.37. The molecular formula is C16H20O2. The third kappa shape index (κ3) is 5.00. The molecule has 0 fully saturated rings. The molecule has 96 valence electrons. The van der Waals surface area contributed by atoms with E-state index in [4.69, 9.17) is 4.74 Å². The molecule has 1 aromatic carbocycles. The van der Waals surface area contributed by atoms with Crippen molar-refractivity contribution in [2.24, 2.45) is 0 Å². The summed E-state index contributed by atoms with van der Waals surface area (Å²) in [6.07, 6.45) is 5.51. The fraction of sp³-hybridized carbons (Fsp3) is 0.312. The first kappa shape index (κ1) is 14.2. The van der Waals surface area contributed by atoms with Gasteiger partial charge in [-0.25, -0.2) is 4.79 Å². The lowest BCUT2D eigenvalue weighted by Gasteiger charge is -2.13. The van der Waals surface area contributed by atoms with E-state index in [2.05, 4.69) is 13.5 Å². The van der Waals surface area contributed by atoms with Gasteiger partial charge < -0.3 is 4.74 Å². The Kier molecular flexibility index (Phi) is 5.92. The summed E-state index contributed by atoms with van der Waals surface area (Å²) < 4.78 is 5.35. The molecule has 1 atom stereocenters. The lowest BCUT2D eigenvalue weighted by molar-refractivity contribution is -0.142. The van der Waals surface area contributed by atoms with Crippen LogP contribution in [0, 0.1) is 0 Å². The fourth-order valence-corrected chi connectivity index (χ4v) is 1.50. The zero-order valence-electron chi connectivity index (χ0n) is 11.1. The van der Waals surface area contributed by atoms with Gasteiger partial charge in [-0.3, -0.25) is 0 Å². The number of hydrogen-bond donors (Lipinski definition) is 0. The topological polar surface area (TPSA) is 26.3 Å². The van der Waals surface area contributed by atoms with Gasteiger partial charge in [0.05, 0.1) is 0 Å². The molecule has 0 aliphatic carbocycles. The SMILES string of the molecule is C=C(C)C(=O)OC(C=Cc1ccccc1)CCC. The Hall–Kier alpha value is -1.83. The molecule has 0 saturated carbocycles. The van der Waals surface area contributed by atoms with E-state index in [1.807, 2.05) is 42.5 Å². The van der Waals surface area contributed by atoms with Crippen LogP contribution in [0.5, 0.6) is 0 Å². The molecular weight excluding hydrogens is 224 g/mol. The van der Waals surface area contributed by atoms with E-state index < -0.39 is 0 Å². The summed E-state index contributed by atoms with van der Waals surface area (Å²) in [6.45, 7) is 7.31. The molecule has 1 rings (SSSR count). The van der Waals surface area contributed by atoms with Gasteiger partial charge in [-0.2, -0.15) is 0 Å². The van der Waals surface area contributed by atoms with Crippen molar-refractivity contribution in [1.29, 1.82) is 0 Å². The summed E-state index contributed by atoms with van der Waals surface area (Å²) in [5.74, 6) is -0.328. The maximum absolute atomic E-state index is 11.5. The zero-order valence-corrected chi connectivity index (χ0v) is 11.1. The van der Waals surface area contributed by atoms with Gasteiger partial charge in [0.2, 0.25) is 0 Å². The summed E-state index contributed by atoms with van der Waals surface area (Å²) in [4.78, 5) is 11.5. The van der Waals surface area contributed by atoms with Gasteiger partial charge in [-0.05, 0) is 25.0 Å². The largest absolute Gasteiger partial charge is 0.455 e. The molecule has 2 heteroatoms. The number of carbonyl (C=O) groups excluding carboxylic acids is 1. The Morgan fingerprint density at radius 2 is 2.06 bits per heavy atom. The smallest absolute Gasteiger partial charge is 0.333 e. The van der Waals surface area contributed by atoms with Crippen molar-refractivity contribution in [3.63, 3.8) is 0 Å². The van der Waals surface area contributed by atoms with E-state index in [0.717, 1.165) is 18.4 Å². The van der Waals surface area contributed by atoms with Crippen LogP contribution in [0.25, 0.3) is 6.08 Å². The van der Waals surface area contributed by atoms with Crippen LogP contribution in [0.15, 0.2) is 48.6 Å². The normalized spacial score (nSPS) is 12.3. The molecule has 0 amide bonds. The van der Waals surface area contributed by atoms with Crippen molar-refractivity contribution in [3.05, 3.63) is 54.1 Å². The number of rotatable bonds is 6. The highest BCUT2D eigenvalue weighted by Gasteiger charge is 2.10. The fourth-order valence-electron chi connectivity index (χ4n) is 1.50. The van der Waals surface area contributed by atoms with Gasteiger partial charge in [-0.1, -0.05) is 56.3 Å². The van der Waals surface area contributed by atoms with E-state index in [-0.39, 0.29) is 12.1 Å². The average molecular weight is 244 g/mol. The standard InChI is InChI=1S/C16H20O2/c1-4-8-15(18-16(17)13(2)3)12-11-14-9-6-5-7-10-14/h5-7,9-12,15H,2,4,8H2,1,3H3. The van der Waals surface area contributed by atoms with E-state index in [9.17, 15) is 4.79 Å². The van der Waals surface area contributed by atoms with Gasteiger partial charge in [0.25, 0.3) is 0 Å². The maximum Gasteiger partial charge on any atom is 0.333 e. The number of benzene rings is 1. The lowest BCUT2D eigenvalue weighted by Crippen LogP contribution is -2.16. The number of hydrogen-bond acceptors (Lipinski definition) is 2. The summed E-state index contributed by atoms with van der Waals surface area (Å²) in [7, 11) is 0. The first-order valence-electron chi connectivity index (χ1n) is 6.23. The number of carbonyl (C=O) groups is 1. The first-order valence-corrected chi connectivity index (χ1v) is 6.23. The second-order valence-corrected chi connectivity index (χ2v) is 4.28. The van der Waals surface area contributed by atoms with Crippen molar-refractivity contribution in [1.82, 2.24) is 0 Å². The molecule has 0 saturated heterocycles. The van der Waals surface area contributed by atoms with E-state index in [1.54, 1.807) is 6.92 Å². The van der Waals surface area contributed by atoms with Gasteiger partial charge in [0.1, 0.15) is 6.10 Å². The first-order chi connectivity index (χ1) is 8.63. The Balaban J connectivity index is 2.65. The van der Waals surface area contributed by atoms with Gasteiger partial charge in [-0.15, -0.1) is 0 Å². The summed E-state index contributed by atoms with van der Waals surface area (Å²) >= 11 is 0. The predicted molar refractivity (Wildman–Crippen MR) is 75.1 cm³/mol. The lowest BCUT2D eigenvalue weighted by atomic mass is 10.1. The van der Waals surface area contributed by atoms with Crippen LogP contribution in [-0.2, 0) is 9.53 Å². The summed E-state index contributed by atoms with van der Waals surface area (Å²) in [6, 6.07) is 9.96. The van der Waals surface area contributed by atoms with Crippen LogP contribution in [0.2, 0.25) is 0 Å². The molecule has 2 nitrogen and oxygen atoms in total. The minimum Gasteiger partial charge on any atom is -0.455 e. The summed E-state index contributed by atoms with van der Waals surface area (Å²) in [5, 5.41) is 0. The van der Waals surface area contributed by atoms with Crippen molar-refractivity contribution in [3.8, 4) is 0 Å². The minimum absolute atomic E-state index is 0.181. The third-order valence-electron chi connectivity index (χ3n) is 2.48. The van der Waals surface area contributed by atoms with Gasteiger partial charge in [0, 0.05) is 5.57 Å². The Labute approximate surface area is 109 Å². The number of ether oxygens (including phenoxy) is 1. The van der Waals surface area contributed by atoms with E-state index in [1.165, 1.54) is 0 Å². The molecule has 0 N–H and O–H groups in total. The van der Waals surface area contributed by atoms with Crippen molar-refractivity contribution in [2.75, 3.05) is 0 Å². The molecule has 0 spiro atoms. The molecule has 0 aliphatic rings. The van der Waals surface area contributed by atoms with Gasteiger partial charge >= 0.3 is 5.97 Å². The minimum atomic E-state index is -0.328. The Morgan fingerprint density at radius 1 is 1.39 bits per heavy atom. The second-order valence-electron chi connectivity index (χ2n) is 4.28. The zero-order chi connectivity index (χ0) is 13.4. The maximum atomic E-state index is 11.5. The Morgan fingerprint density at radius 3 is 2.61 bits per heavy atom. The molecule has 0 bridgehead atoms. The predicted octanol–water partition coefficient (Wildman–Crippen LogP) is 3.99. The molecule has 0 heterocycles. The highest BCUT2D eigenvalue weighted by Crippen LogP contribution is 2.10. The Bertz CT molecular complexity index is 418. The van der Waals surface area contributed by atoms with Crippen LogP contribution in [0.1, 0.15) is 32.3 Å². The molecule has 1 unspecified atom stereocenters. The van der Waals surface area contributed by atoms with Crippen LogP contribution in [-0.4, -0.2) is 12.1 Å². The van der Waals surface area contributed by atoms with Crippen molar-refractivity contribution >= 4 is 12.0 Å². The van der Waals surface area contributed by atoms with E-state index >= 15 is 0 Å². The molecule has 0 aliphatic heterocycles. The number of esters is 1. The monoisotopic (exact) mass is 244 g/mol.